The molecule has 0 radical (unpaired) electrons. The number of hydrogen-bond acceptors (Lipinski definition) is 6. The van der Waals surface area contributed by atoms with Crippen molar-refractivity contribution in [1.29, 1.82) is 0 Å². The molecule has 28 heavy (non-hydrogen) atoms. The maximum atomic E-state index is 12.5. The van der Waals surface area contributed by atoms with Crippen molar-refractivity contribution in [3.05, 3.63) is 17.7 Å². The third-order valence-electron chi connectivity index (χ3n) is 4.70. The highest BCUT2D eigenvalue weighted by atomic mass is 32.2. The summed E-state index contributed by atoms with van der Waals surface area (Å²) in [5, 5.41) is 0. The van der Waals surface area contributed by atoms with Crippen LogP contribution in [-0.2, 0) is 9.53 Å². The Labute approximate surface area is 171 Å². The lowest BCUT2D eigenvalue weighted by Crippen LogP contribution is -2.22. The van der Waals surface area contributed by atoms with Gasteiger partial charge in [0.15, 0.2) is 11.5 Å². The van der Waals surface area contributed by atoms with E-state index in [-0.39, 0.29) is 18.7 Å². The van der Waals surface area contributed by atoms with Crippen LogP contribution in [0, 0.1) is 5.92 Å². The van der Waals surface area contributed by atoms with Crippen LogP contribution in [0.3, 0.4) is 0 Å². The number of thioether (sulfide) groups is 1. The van der Waals surface area contributed by atoms with Crippen molar-refractivity contribution in [3.8, 4) is 11.5 Å². The SMILES string of the molecule is CCCCC(CC)COC(=O)CCSc1cc2c(cc1C(=O)N(C)C)OCO2. The second-order valence-corrected chi connectivity index (χ2v) is 8.24. The average molecular weight is 410 g/mol. The maximum Gasteiger partial charge on any atom is 0.306 e. The first kappa shape index (κ1) is 22.4. The maximum absolute atomic E-state index is 12.5. The van der Waals surface area contributed by atoms with E-state index in [1.165, 1.54) is 23.1 Å². The Hall–Kier alpha value is -1.89. The Kier molecular flexibility index (Phi) is 8.96. The van der Waals surface area contributed by atoms with Crippen LogP contribution in [0.2, 0.25) is 0 Å². The van der Waals surface area contributed by atoms with E-state index in [0.29, 0.717) is 41.8 Å². The Morgan fingerprint density at radius 2 is 1.93 bits per heavy atom. The smallest absolute Gasteiger partial charge is 0.306 e. The van der Waals surface area contributed by atoms with Gasteiger partial charge in [0.25, 0.3) is 5.91 Å². The predicted octanol–water partition coefficient (Wildman–Crippen LogP) is 4.36. The van der Waals surface area contributed by atoms with Gasteiger partial charge in [-0.2, -0.15) is 0 Å². The topological polar surface area (TPSA) is 65.1 Å². The van der Waals surface area contributed by atoms with Crippen LogP contribution in [0.15, 0.2) is 17.0 Å². The van der Waals surface area contributed by atoms with Crippen molar-refractivity contribution in [2.75, 3.05) is 33.2 Å². The summed E-state index contributed by atoms with van der Waals surface area (Å²) in [6, 6.07) is 3.53. The Bertz CT molecular complexity index is 677. The Balaban J connectivity index is 1.89. The third kappa shape index (κ3) is 6.33. The van der Waals surface area contributed by atoms with Crippen molar-refractivity contribution < 1.29 is 23.8 Å². The van der Waals surface area contributed by atoms with Gasteiger partial charge in [-0.05, 0) is 24.5 Å². The number of carbonyl (C=O) groups is 2. The molecule has 156 valence electrons. The van der Waals surface area contributed by atoms with Gasteiger partial charge in [0.05, 0.1) is 18.6 Å². The van der Waals surface area contributed by atoms with Gasteiger partial charge >= 0.3 is 5.97 Å². The molecule has 0 aromatic heterocycles. The quantitative estimate of drug-likeness (QED) is 0.400. The molecule has 7 heteroatoms. The fraction of sp³-hybridized carbons (Fsp3) is 0.619. The monoisotopic (exact) mass is 409 g/mol. The highest BCUT2D eigenvalue weighted by Gasteiger charge is 2.22. The molecule has 1 heterocycles. The van der Waals surface area contributed by atoms with Crippen molar-refractivity contribution in [3.63, 3.8) is 0 Å². The van der Waals surface area contributed by atoms with E-state index in [9.17, 15) is 9.59 Å². The van der Waals surface area contributed by atoms with E-state index >= 15 is 0 Å². The van der Waals surface area contributed by atoms with Crippen LogP contribution in [-0.4, -0.2) is 50.0 Å². The molecule has 1 unspecified atom stereocenters. The Morgan fingerprint density at radius 1 is 1.21 bits per heavy atom. The summed E-state index contributed by atoms with van der Waals surface area (Å²) in [7, 11) is 3.42. The largest absolute Gasteiger partial charge is 0.465 e. The zero-order valence-corrected chi connectivity index (χ0v) is 18.1. The molecule has 6 nitrogen and oxygen atoms in total. The van der Waals surface area contributed by atoms with E-state index in [1.807, 2.05) is 6.07 Å². The van der Waals surface area contributed by atoms with Crippen molar-refractivity contribution in [2.45, 2.75) is 50.8 Å². The molecule has 0 bridgehead atoms. The van der Waals surface area contributed by atoms with E-state index in [2.05, 4.69) is 13.8 Å². The second kappa shape index (κ2) is 11.2. The van der Waals surface area contributed by atoms with Gasteiger partial charge in [-0.15, -0.1) is 11.8 Å². The van der Waals surface area contributed by atoms with Crippen molar-refractivity contribution >= 4 is 23.6 Å². The van der Waals surface area contributed by atoms with E-state index in [1.54, 1.807) is 20.2 Å². The van der Waals surface area contributed by atoms with Gasteiger partial charge < -0.3 is 19.1 Å². The van der Waals surface area contributed by atoms with Gasteiger partial charge in [0.2, 0.25) is 6.79 Å². The molecule has 1 aromatic carbocycles. The lowest BCUT2D eigenvalue weighted by Gasteiger charge is -2.15. The summed E-state index contributed by atoms with van der Waals surface area (Å²) in [6.45, 7) is 4.95. The van der Waals surface area contributed by atoms with Gasteiger partial charge in [-0.1, -0.05) is 33.1 Å². The van der Waals surface area contributed by atoms with E-state index in [0.717, 1.165) is 24.2 Å². The summed E-state index contributed by atoms with van der Waals surface area (Å²) in [4.78, 5) is 26.9. The fourth-order valence-corrected chi connectivity index (χ4v) is 3.86. The summed E-state index contributed by atoms with van der Waals surface area (Å²) < 4.78 is 16.3. The number of unbranched alkanes of at least 4 members (excludes halogenated alkanes) is 1. The number of hydrogen-bond donors (Lipinski definition) is 0. The third-order valence-corrected chi connectivity index (χ3v) is 5.76. The Morgan fingerprint density at radius 3 is 2.57 bits per heavy atom. The molecule has 1 aliphatic rings. The molecule has 1 aliphatic heterocycles. The van der Waals surface area contributed by atoms with Crippen LogP contribution >= 0.6 is 11.8 Å². The minimum absolute atomic E-state index is 0.106. The molecule has 0 N–H and O–H groups in total. The van der Waals surface area contributed by atoms with E-state index < -0.39 is 0 Å². The molecule has 1 aromatic rings. The number of ether oxygens (including phenoxy) is 3. The van der Waals surface area contributed by atoms with E-state index in [4.69, 9.17) is 14.2 Å². The highest BCUT2D eigenvalue weighted by molar-refractivity contribution is 7.99. The van der Waals surface area contributed by atoms with Gasteiger partial charge in [-0.3, -0.25) is 9.59 Å². The summed E-state index contributed by atoms with van der Waals surface area (Å²) >= 11 is 1.46. The summed E-state index contributed by atoms with van der Waals surface area (Å²) in [5.41, 5.74) is 0.554. The first-order valence-electron chi connectivity index (χ1n) is 9.89. The number of amides is 1. The number of rotatable bonds is 11. The lowest BCUT2D eigenvalue weighted by molar-refractivity contribution is -0.144. The molecule has 0 saturated carbocycles. The van der Waals surface area contributed by atoms with Gasteiger partial charge in [0, 0.05) is 24.7 Å². The van der Waals surface area contributed by atoms with Crippen LogP contribution in [0.4, 0.5) is 0 Å². The minimum Gasteiger partial charge on any atom is -0.465 e. The van der Waals surface area contributed by atoms with Crippen LogP contribution in [0.1, 0.15) is 56.3 Å². The summed E-state index contributed by atoms with van der Waals surface area (Å²) in [6.07, 6.45) is 4.75. The van der Waals surface area contributed by atoms with Crippen LogP contribution < -0.4 is 9.47 Å². The van der Waals surface area contributed by atoms with Crippen molar-refractivity contribution in [1.82, 2.24) is 4.90 Å². The predicted molar refractivity (Wildman–Crippen MR) is 110 cm³/mol. The number of esters is 1. The molecular weight excluding hydrogens is 378 g/mol. The minimum atomic E-state index is -0.191. The average Bonchev–Trinajstić information content (AvgIpc) is 3.14. The first-order chi connectivity index (χ1) is 13.5. The van der Waals surface area contributed by atoms with Gasteiger partial charge in [0.1, 0.15) is 0 Å². The number of benzene rings is 1. The van der Waals surface area contributed by atoms with Gasteiger partial charge in [-0.25, -0.2) is 0 Å². The molecule has 0 saturated heterocycles. The molecular formula is C21H31NO5S. The van der Waals surface area contributed by atoms with Crippen LogP contribution in [0.25, 0.3) is 0 Å². The van der Waals surface area contributed by atoms with Crippen LogP contribution in [0.5, 0.6) is 11.5 Å². The molecule has 1 amide bonds. The fourth-order valence-electron chi connectivity index (χ4n) is 2.88. The number of carbonyl (C=O) groups excluding carboxylic acids is 2. The van der Waals surface area contributed by atoms with Crippen molar-refractivity contribution in [2.24, 2.45) is 5.92 Å². The highest BCUT2D eigenvalue weighted by Crippen LogP contribution is 2.39. The molecule has 0 fully saturated rings. The summed E-state index contributed by atoms with van der Waals surface area (Å²) in [5.74, 6) is 1.88. The molecule has 1 atom stereocenters. The zero-order valence-electron chi connectivity index (χ0n) is 17.3. The number of fused-ring (bicyclic) bond motifs is 1. The second-order valence-electron chi connectivity index (χ2n) is 7.10. The lowest BCUT2D eigenvalue weighted by atomic mass is 10.0. The molecule has 2 rings (SSSR count). The zero-order chi connectivity index (χ0) is 20.5. The number of nitrogens with zero attached hydrogens (tertiary/aromatic N) is 1. The molecule has 0 aliphatic carbocycles. The first-order valence-corrected chi connectivity index (χ1v) is 10.9. The standard InChI is InChI=1S/C21H31NO5S/c1-5-7-8-15(6-2)13-25-20(23)9-10-28-19-12-18-17(26-14-27-18)11-16(19)21(24)22(3)4/h11-12,15H,5-10,13-14H2,1-4H3. The normalized spacial score (nSPS) is 13.3. The molecule has 0 spiro atoms.